The molecule has 0 spiro atoms. The Morgan fingerprint density at radius 3 is 2.74 bits per heavy atom. The number of pyridine rings is 1. The van der Waals surface area contributed by atoms with Crippen LogP contribution in [0, 0.1) is 0 Å². The number of aromatic nitrogens is 2. The van der Waals surface area contributed by atoms with Crippen molar-refractivity contribution in [3.8, 4) is 27.7 Å². The lowest BCUT2D eigenvalue weighted by atomic mass is 10.1. The molecule has 0 saturated heterocycles. The molecule has 0 N–H and O–H groups in total. The van der Waals surface area contributed by atoms with Crippen LogP contribution in [0.3, 0.4) is 0 Å². The number of ether oxygens (including phenoxy) is 2. The molecule has 0 saturated carbocycles. The highest BCUT2D eigenvalue weighted by Gasteiger charge is 2.26. The Bertz CT molecular complexity index is 1350. The van der Waals surface area contributed by atoms with E-state index in [-0.39, 0.29) is 18.5 Å². The third kappa shape index (κ3) is 4.93. The second kappa shape index (κ2) is 10.1. The first-order chi connectivity index (χ1) is 17.1. The number of esters is 1. The molecule has 1 amide bonds. The Labute approximate surface area is 207 Å². The summed E-state index contributed by atoms with van der Waals surface area (Å²) in [6.45, 7) is 2.69. The Morgan fingerprint density at radius 2 is 1.97 bits per heavy atom. The smallest absolute Gasteiger partial charge is 0.338 e. The van der Waals surface area contributed by atoms with E-state index in [9.17, 15) is 9.59 Å². The van der Waals surface area contributed by atoms with Crippen LogP contribution in [0.1, 0.15) is 29.3 Å². The van der Waals surface area contributed by atoms with Crippen molar-refractivity contribution in [3.63, 3.8) is 0 Å². The number of carbonyl (C=O) groups is 2. The minimum absolute atomic E-state index is 0.0195. The molecule has 0 unspecified atom stereocenters. The summed E-state index contributed by atoms with van der Waals surface area (Å²) in [5, 5.41) is 2.82. The molecule has 176 valence electrons. The van der Waals surface area contributed by atoms with E-state index in [1.165, 1.54) is 11.3 Å². The quantitative estimate of drug-likeness (QED) is 0.328. The maximum Gasteiger partial charge on any atom is 0.338 e. The van der Waals surface area contributed by atoms with Gasteiger partial charge in [-0.2, -0.15) is 0 Å². The molecule has 2 aromatic carbocycles. The molecule has 35 heavy (non-hydrogen) atoms. The number of amides is 1. The normalized spacial score (nSPS) is 12.7. The molecule has 4 aromatic rings. The van der Waals surface area contributed by atoms with Gasteiger partial charge in [-0.05, 0) is 54.4 Å². The van der Waals surface area contributed by atoms with Gasteiger partial charge in [0.05, 0.1) is 35.8 Å². The van der Waals surface area contributed by atoms with Crippen molar-refractivity contribution in [1.82, 2.24) is 9.97 Å². The van der Waals surface area contributed by atoms with Gasteiger partial charge in [-0.3, -0.25) is 9.78 Å². The molecule has 0 fully saturated rings. The zero-order valence-electron chi connectivity index (χ0n) is 19.1. The average molecular weight is 486 g/mol. The predicted molar refractivity (Wildman–Crippen MR) is 134 cm³/mol. The molecule has 0 atom stereocenters. The first kappa shape index (κ1) is 22.7. The number of nitrogens with zero attached hydrogens (tertiary/aromatic N) is 3. The van der Waals surface area contributed by atoms with E-state index < -0.39 is 0 Å². The topological polar surface area (TPSA) is 81.6 Å². The Balaban J connectivity index is 1.39. The fourth-order valence-electron chi connectivity index (χ4n) is 3.75. The highest BCUT2D eigenvalue weighted by Crippen LogP contribution is 2.38. The van der Waals surface area contributed by atoms with Crippen LogP contribution in [0.25, 0.3) is 22.0 Å². The van der Waals surface area contributed by atoms with Gasteiger partial charge in [-0.15, -0.1) is 11.3 Å². The molecule has 7 nitrogen and oxygen atoms in total. The van der Waals surface area contributed by atoms with Gasteiger partial charge >= 0.3 is 5.97 Å². The molecule has 1 aliphatic rings. The van der Waals surface area contributed by atoms with E-state index in [4.69, 9.17) is 14.5 Å². The number of anilines is 1. The molecule has 2 aromatic heterocycles. The van der Waals surface area contributed by atoms with Gasteiger partial charge in [-0.25, -0.2) is 9.78 Å². The maximum absolute atomic E-state index is 12.8. The van der Waals surface area contributed by atoms with Crippen LogP contribution < -0.4 is 9.64 Å². The Kier molecular flexibility index (Phi) is 6.54. The number of fused-ring (bicyclic) bond motifs is 1. The zero-order chi connectivity index (χ0) is 24.2. The summed E-state index contributed by atoms with van der Waals surface area (Å²) in [4.78, 5) is 35.7. The first-order valence-corrected chi connectivity index (χ1v) is 12.2. The summed E-state index contributed by atoms with van der Waals surface area (Å²) in [5.74, 6) is 0.172. The number of benzene rings is 2. The van der Waals surface area contributed by atoms with Gasteiger partial charge in [0.2, 0.25) is 0 Å². The van der Waals surface area contributed by atoms with E-state index >= 15 is 0 Å². The van der Waals surface area contributed by atoms with Crippen molar-refractivity contribution < 1.29 is 19.1 Å². The summed E-state index contributed by atoms with van der Waals surface area (Å²) in [5.41, 5.74) is 4.60. The summed E-state index contributed by atoms with van der Waals surface area (Å²) in [6, 6.07) is 18.6. The monoisotopic (exact) mass is 485 g/mol. The van der Waals surface area contributed by atoms with Crippen molar-refractivity contribution in [2.75, 3.05) is 18.1 Å². The number of hydrogen-bond acceptors (Lipinski definition) is 7. The van der Waals surface area contributed by atoms with Crippen molar-refractivity contribution in [2.45, 2.75) is 19.9 Å². The third-order valence-corrected chi connectivity index (χ3v) is 6.42. The average Bonchev–Trinajstić information content (AvgIpc) is 3.40. The third-order valence-electron chi connectivity index (χ3n) is 5.55. The van der Waals surface area contributed by atoms with Gasteiger partial charge in [0.25, 0.3) is 5.91 Å². The minimum atomic E-state index is -0.343. The highest BCUT2D eigenvalue weighted by atomic mass is 32.1. The lowest BCUT2D eigenvalue weighted by Gasteiger charge is -2.30. The standard InChI is InChI=1S/C27H23N3O4S/c1-2-13-33-27(32)19-8-6-18(7-9-19)15-30-23-14-20(10-11-24(23)34-16-25(30)31)22-17-35-26(29-22)21-5-3-4-12-28-21/h3-12,14,17H,2,13,15-16H2,1H3. The Hall–Kier alpha value is -4.04. The van der Waals surface area contributed by atoms with Crippen LogP contribution in [-0.2, 0) is 16.1 Å². The molecule has 0 radical (unpaired) electrons. The fourth-order valence-corrected chi connectivity index (χ4v) is 4.56. The van der Waals surface area contributed by atoms with E-state index in [1.54, 1.807) is 23.2 Å². The molecule has 1 aliphatic heterocycles. The second-order valence-corrected chi connectivity index (χ2v) is 8.89. The van der Waals surface area contributed by atoms with Crippen LogP contribution in [0.2, 0.25) is 0 Å². The minimum Gasteiger partial charge on any atom is -0.482 e. The van der Waals surface area contributed by atoms with Crippen LogP contribution in [-0.4, -0.2) is 35.1 Å². The summed E-state index contributed by atoms with van der Waals surface area (Å²) in [7, 11) is 0. The van der Waals surface area contributed by atoms with Gasteiger partial charge < -0.3 is 14.4 Å². The lowest BCUT2D eigenvalue weighted by molar-refractivity contribution is -0.121. The highest BCUT2D eigenvalue weighted by molar-refractivity contribution is 7.13. The van der Waals surface area contributed by atoms with E-state index in [2.05, 4.69) is 4.98 Å². The number of thiazole rings is 1. The summed E-state index contributed by atoms with van der Waals surface area (Å²) < 4.78 is 10.9. The zero-order valence-corrected chi connectivity index (χ0v) is 20.0. The number of carbonyl (C=O) groups excluding carboxylic acids is 2. The molecule has 5 rings (SSSR count). The molecule has 8 heteroatoms. The largest absolute Gasteiger partial charge is 0.482 e. The van der Waals surface area contributed by atoms with E-state index in [1.807, 2.05) is 60.8 Å². The fraction of sp³-hybridized carbons (Fsp3) is 0.185. The molecular weight excluding hydrogens is 462 g/mol. The first-order valence-electron chi connectivity index (χ1n) is 11.3. The molecule has 0 bridgehead atoms. The molecular formula is C27H23N3O4S. The number of hydrogen-bond donors (Lipinski definition) is 0. The SMILES string of the molecule is CCCOC(=O)c1ccc(CN2C(=O)COc3ccc(-c4csc(-c5ccccn5)n4)cc32)cc1. The summed E-state index contributed by atoms with van der Waals surface area (Å²) in [6.07, 6.45) is 2.52. The van der Waals surface area contributed by atoms with E-state index in [0.29, 0.717) is 30.2 Å². The van der Waals surface area contributed by atoms with Crippen molar-refractivity contribution in [3.05, 3.63) is 83.4 Å². The van der Waals surface area contributed by atoms with Crippen molar-refractivity contribution in [1.29, 1.82) is 0 Å². The van der Waals surface area contributed by atoms with Gasteiger partial charge in [-0.1, -0.05) is 25.1 Å². The van der Waals surface area contributed by atoms with E-state index in [0.717, 1.165) is 33.9 Å². The van der Waals surface area contributed by atoms with Crippen LogP contribution >= 0.6 is 11.3 Å². The van der Waals surface area contributed by atoms with Crippen LogP contribution in [0.15, 0.2) is 72.2 Å². The maximum atomic E-state index is 12.8. The Morgan fingerprint density at radius 1 is 1.11 bits per heavy atom. The van der Waals surface area contributed by atoms with Gasteiger partial charge in [0.15, 0.2) is 6.61 Å². The lowest BCUT2D eigenvalue weighted by Crippen LogP contribution is -2.38. The molecule has 0 aliphatic carbocycles. The number of rotatable bonds is 7. The van der Waals surface area contributed by atoms with Gasteiger partial charge in [0, 0.05) is 17.1 Å². The van der Waals surface area contributed by atoms with Crippen molar-refractivity contribution >= 4 is 28.9 Å². The second-order valence-electron chi connectivity index (χ2n) is 8.04. The van der Waals surface area contributed by atoms with Crippen LogP contribution in [0.4, 0.5) is 5.69 Å². The van der Waals surface area contributed by atoms with Crippen LogP contribution in [0.5, 0.6) is 5.75 Å². The van der Waals surface area contributed by atoms with Gasteiger partial charge in [0.1, 0.15) is 10.8 Å². The van der Waals surface area contributed by atoms with Crippen molar-refractivity contribution in [2.24, 2.45) is 0 Å². The molecule has 3 heterocycles. The summed E-state index contributed by atoms with van der Waals surface area (Å²) >= 11 is 1.52. The predicted octanol–water partition coefficient (Wildman–Crippen LogP) is 5.36.